The molecule has 0 bridgehead atoms. The molecule has 1 rings (SSSR count). The minimum Gasteiger partial charge on any atom is -0.494 e. The highest BCUT2D eigenvalue weighted by molar-refractivity contribution is 5.80. The highest BCUT2D eigenvalue weighted by Crippen LogP contribution is 2.21. The Hall–Kier alpha value is -1.71. The summed E-state index contributed by atoms with van der Waals surface area (Å²) in [6.45, 7) is 6.33. The molecule has 0 atom stereocenters. The monoisotopic (exact) mass is 237 g/mol. The van der Waals surface area contributed by atoms with E-state index < -0.39 is 5.41 Å². The zero-order valence-electron chi connectivity index (χ0n) is 10.5. The minimum absolute atomic E-state index is 0.260. The number of amides is 1. The molecule has 0 aliphatic carbocycles. The van der Waals surface area contributed by atoms with Gasteiger partial charge in [0.25, 0.3) is 0 Å². The molecule has 17 heavy (non-hydrogen) atoms. The van der Waals surface area contributed by atoms with Crippen LogP contribution in [-0.2, 0) is 4.79 Å². The van der Waals surface area contributed by atoms with Crippen molar-refractivity contribution in [2.24, 2.45) is 11.1 Å². The van der Waals surface area contributed by atoms with Crippen LogP contribution in [0.1, 0.15) is 20.8 Å². The van der Waals surface area contributed by atoms with Gasteiger partial charge in [0.1, 0.15) is 18.1 Å². The van der Waals surface area contributed by atoms with Gasteiger partial charge in [0.2, 0.25) is 5.91 Å². The van der Waals surface area contributed by atoms with Gasteiger partial charge in [0, 0.05) is 0 Å². The smallest absolute Gasteiger partial charge is 0.226 e. The predicted octanol–water partition coefficient (Wildman–Crippen LogP) is 1.98. The van der Waals surface area contributed by atoms with Crippen molar-refractivity contribution in [2.45, 2.75) is 20.8 Å². The first-order valence-electron chi connectivity index (χ1n) is 5.61. The van der Waals surface area contributed by atoms with Gasteiger partial charge in [-0.15, -0.1) is 0 Å². The number of hydrogen-bond donors (Lipinski definition) is 1. The van der Waals surface area contributed by atoms with Crippen LogP contribution in [0.5, 0.6) is 11.5 Å². The van der Waals surface area contributed by atoms with Gasteiger partial charge in [-0.1, -0.05) is 0 Å². The first-order valence-corrected chi connectivity index (χ1v) is 5.61. The molecule has 4 nitrogen and oxygen atoms in total. The first-order chi connectivity index (χ1) is 7.95. The normalized spacial score (nSPS) is 11.0. The van der Waals surface area contributed by atoms with Gasteiger partial charge < -0.3 is 15.2 Å². The summed E-state index contributed by atoms with van der Waals surface area (Å²) in [5.41, 5.74) is 4.59. The maximum Gasteiger partial charge on any atom is 0.226 e. The third-order valence-electron chi connectivity index (χ3n) is 2.40. The summed E-state index contributed by atoms with van der Waals surface area (Å²) in [6, 6.07) is 7.27. The number of carbonyl (C=O) groups excluding carboxylic acids is 1. The van der Waals surface area contributed by atoms with E-state index in [-0.39, 0.29) is 12.5 Å². The lowest BCUT2D eigenvalue weighted by Crippen LogP contribution is -2.36. The molecule has 0 aliphatic heterocycles. The van der Waals surface area contributed by atoms with Crippen molar-refractivity contribution in [3.8, 4) is 11.5 Å². The third kappa shape index (κ3) is 3.98. The highest BCUT2D eigenvalue weighted by atomic mass is 16.5. The van der Waals surface area contributed by atoms with Crippen molar-refractivity contribution in [2.75, 3.05) is 13.2 Å². The van der Waals surface area contributed by atoms with Gasteiger partial charge in [-0.2, -0.15) is 0 Å². The van der Waals surface area contributed by atoms with Crippen molar-refractivity contribution >= 4 is 5.91 Å². The number of rotatable bonds is 6. The molecule has 0 radical (unpaired) electrons. The Morgan fingerprint density at radius 3 is 2.06 bits per heavy atom. The highest BCUT2D eigenvalue weighted by Gasteiger charge is 2.25. The molecular weight excluding hydrogens is 218 g/mol. The van der Waals surface area contributed by atoms with Gasteiger partial charge >= 0.3 is 0 Å². The number of ether oxygens (including phenoxy) is 2. The van der Waals surface area contributed by atoms with Crippen molar-refractivity contribution in [1.29, 1.82) is 0 Å². The van der Waals surface area contributed by atoms with Crippen LogP contribution in [0.4, 0.5) is 0 Å². The standard InChI is InChI=1S/C13H19NO3/c1-4-16-10-5-7-11(8-6-10)17-9-13(2,3)12(14)15/h5-8H,4,9H2,1-3H3,(H2,14,15). The predicted molar refractivity (Wildman–Crippen MR) is 66.1 cm³/mol. The van der Waals surface area contributed by atoms with Crippen molar-refractivity contribution in [1.82, 2.24) is 0 Å². The Kier molecular flexibility index (Phi) is 4.37. The summed E-state index contributed by atoms with van der Waals surface area (Å²) in [5.74, 6) is 1.13. The van der Waals surface area contributed by atoms with Crippen molar-refractivity contribution in [3.05, 3.63) is 24.3 Å². The van der Waals surface area contributed by atoms with Crippen molar-refractivity contribution in [3.63, 3.8) is 0 Å². The summed E-state index contributed by atoms with van der Waals surface area (Å²) in [5, 5.41) is 0. The zero-order chi connectivity index (χ0) is 12.9. The Morgan fingerprint density at radius 2 is 1.65 bits per heavy atom. The second-order valence-electron chi connectivity index (χ2n) is 4.44. The molecule has 0 unspecified atom stereocenters. The van der Waals surface area contributed by atoms with Crippen LogP contribution in [0.3, 0.4) is 0 Å². The van der Waals surface area contributed by atoms with Crippen LogP contribution in [0.25, 0.3) is 0 Å². The van der Waals surface area contributed by atoms with E-state index in [4.69, 9.17) is 15.2 Å². The topological polar surface area (TPSA) is 61.6 Å². The van der Waals surface area contributed by atoms with Crippen LogP contribution in [0.15, 0.2) is 24.3 Å². The molecule has 94 valence electrons. The Labute approximate surface area is 102 Å². The van der Waals surface area contributed by atoms with Crippen LogP contribution in [0.2, 0.25) is 0 Å². The fraction of sp³-hybridized carbons (Fsp3) is 0.462. The molecule has 1 amide bonds. The van der Waals surface area contributed by atoms with Gasteiger partial charge in [-0.25, -0.2) is 0 Å². The lowest BCUT2D eigenvalue weighted by atomic mass is 9.94. The van der Waals surface area contributed by atoms with Crippen LogP contribution >= 0.6 is 0 Å². The molecule has 2 N–H and O–H groups in total. The van der Waals surface area contributed by atoms with E-state index in [0.717, 1.165) is 5.75 Å². The van der Waals surface area contributed by atoms with Crippen LogP contribution < -0.4 is 15.2 Å². The summed E-state index contributed by atoms with van der Waals surface area (Å²) in [4.78, 5) is 11.1. The molecule has 1 aromatic carbocycles. The molecule has 0 fully saturated rings. The molecule has 0 saturated heterocycles. The van der Waals surface area contributed by atoms with Gasteiger partial charge in [0.05, 0.1) is 12.0 Å². The van der Waals surface area contributed by atoms with E-state index in [1.165, 1.54) is 0 Å². The van der Waals surface area contributed by atoms with E-state index in [2.05, 4.69) is 0 Å². The summed E-state index contributed by atoms with van der Waals surface area (Å²) in [7, 11) is 0. The van der Waals surface area contributed by atoms with E-state index in [1.807, 2.05) is 31.2 Å². The van der Waals surface area contributed by atoms with Gasteiger partial charge in [-0.05, 0) is 45.0 Å². The van der Waals surface area contributed by atoms with Crippen LogP contribution in [-0.4, -0.2) is 19.1 Å². The molecule has 0 aromatic heterocycles. The molecule has 0 heterocycles. The van der Waals surface area contributed by atoms with E-state index >= 15 is 0 Å². The van der Waals surface area contributed by atoms with E-state index in [9.17, 15) is 4.79 Å². The molecule has 1 aromatic rings. The second kappa shape index (κ2) is 5.57. The van der Waals surface area contributed by atoms with Gasteiger partial charge in [-0.3, -0.25) is 4.79 Å². The Balaban J connectivity index is 2.55. The SMILES string of the molecule is CCOc1ccc(OCC(C)(C)C(N)=O)cc1. The Bertz CT molecular complexity index is 371. The molecule has 0 saturated carbocycles. The van der Waals surface area contributed by atoms with Gasteiger partial charge in [0.15, 0.2) is 0 Å². The largest absolute Gasteiger partial charge is 0.494 e. The average molecular weight is 237 g/mol. The quantitative estimate of drug-likeness (QED) is 0.822. The summed E-state index contributed by atoms with van der Waals surface area (Å²) in [6.07, 6.45) is 0. The fourth-order valence-electron chi connectivity index (χ4n) is 1.13. The summed E-state index contributed by atoms with van der Waals surface area (Å²) < 4.78 is 10.8. The number of nitrogens with two attached hydrogens (primary N) is 1. The fourth-order valence-corrected chi connectivity index (χ4v) is 1.13. The van der Waals surface area contributed by atoms with Crippen molar-refractivity contribution < 1.29 is 14.3 Å². The average Bonchev–Trinajstić information content (AvgIpc) is 2.28. The number of carbonyl (C=O) groups is 1. The zero-order valence-corrected chi connectivity index (χ0v) is 10.5. The Morgan fingerprint density at radius 1 is 1.18 bits per heavy atom. The van der Waals surface area contributed by atoms with E-state index in [0.29, 0.717) is 12.4 Å². The molecule has 4 heteroatoms. The van der Waals surface area contributed by atoms with Crippen LogP contribution in [0, 0.1) is 5.41 Å². The lowest BCUT2D eigenvalue weighted by Gasteiger charge is -2.20. The lowest BCUT2D eigenvalue weighted by molar-refractivity contribution is -0.127. The maximum atomic E-state index is 11.1. The molecule has 0 spiro atoms. The number of primary amides is 1. The molecule has 0 aliphatic rings. The maximum absolute atomic E-state index is 11.1. The molecular formula is C13H19NO3. The first kappa shape index (κ1) is 13.4. The number of benzene rings is 1. The van der Waals surface area contributed by atoms with E-state index in [1.54, 1.807) is 13.8 Å². The third-order valence-corrected chi connectivity index (χ3v) is 2.40. The summed E-state index contributed by atoms with van der Waals surface area (Å²) >= 11 is 0. The minimum atomic E-state index is -0.668. The second-order valence-corrected chi connectivity index (χ2v) is 4.44. The number of hydrogen-bond acceptors (Lipinski definition) is 3.